The summed E-state index contributed by atoms with van der Waals surface area (Å²) < 4.78 is 1.45. The van der Waals surface area contributed by atoms with Crippen LogP contribution >= 0.6 is 0 Å². The zero-order valence-electron chi connectivity index (χ0n) is 14.5. The maximum atomic E-state index is 12.9. The van der Waals surface area contributed by atoms with Gasteiger partial charge in [0.1, 0.15) is 5.75 Å². The first-order valence-electron chi connectivity index (χ1n) is 8.80. The maximum absolute atomic E-state index is 12.9. The molecule has 0 bridgehead atoms. The summed E-state index contributed by atoms with van der Waals surface area (Å²) in [5, 5.41) is 9.38. The second-order valence-electron chi connectivity index (χ2n) is 6.72. The highest BCUT2D eigenvalue weighted by molar-refractivity contribution is 5.94. The van der Waals surface area contributed by atoms with Crippen molar-refractivity contribution >= 4 is 5.91 Å². The summed E-state index contributed by atoms with van der Waals surface area (Å²) >= 11 is 0. The summed E-state index contributed by atoms with van der Waals surface area (Å²) in [7, 11) is 1.66. The van der Waals surface area contributed by atoms with Crippen molar-refractivity contribution < 1.29 is 9.90 Å². The van der Waals surface area contributed by atoms with E-state index in [0.717, 1.165) is 44.2 Å². The molecule has 5 heteroatoms. The smallest absolute Gasteiger partial charge is 0.255 e. The molecule has 0 saturated carbocycles. The normalized spacial score (nSPS) is 17.5. The Bertz CT molecular complexity index is 795. The number of benzene rings is 1. The van der Waals surface area contributed by atoms with Crippen molar-refractivity contribution in [1.29, 1.82) is 0 Å². The van der Waals surface area contributed by atoms with Crippen molar-refractivity contribution in [2.45, 2.75) is 38.1 Å². The van der Waals surface area contributed by atoms with E-state index < -0.39 is 0 Å². The predicted molar refractivity (Wildman–Crippen MR) is 96.8 cm³/mol. The zero-order chi connectivity index (χ0) is 17.8. The van der Waals surface area contributed by atoms with Crippen LogP contribution in [0.25, 0.3) is 0 Å². The molecule has 0 unspecified atom stereocenters. The predicted octanol–water partition coefficient (Wildman–Crippen LogP) is 2.72. The summed E-state index contributed by atoms with van der Waals surface area (Å²) in [4.78, 5) is 26.4. The number of aromatic hydroxyl groups is 1. The van der Waals surface area contributed by atoms with Gasteiger partial charge in [-0.3, -0.25) is 9.59 Å². The van der Waals surface area contributed by atoms with Crippen molar-refractivity contribution in [3.63, 3.8) is 0 Å². The third kappa shape index (κ3) is 4.10. The zero-order valence-corrected chi connectivity index (χ0v) is 14.5. The van der Waals surface area contributed by atoms with Gasteiger partial charge in [-0.15, -0.1) is 0 Å². The van der Waals surface area contributed by atoms with E-state index in [4.69, 9.17) is 0 Å². The molecule has 1 atom stereocenters. The third-order valence-corrected chi connectivity index (χ3v) is 4.92. The van der Waals surface area contributed by atoms with Gasteiger partial charge in [-0.2, -0.15) is 0 Å². The molecule has 0 spiro atoms. The number of aryl methyl sites for hydroxylation is 2. The molecule has 5 nitrogen and oxygen atoms in total. The number of phenols is 1. The Balaban J connectivity index is 1.71. The van der Waals surface area contributed by atoms with E-state index in [1.807, 2.05) is 17.0 Å². The molecule has 0 aliphatic carbocycles. The van der Waals surface area contributed by atoms with Gasteiger partial charge in [0.05, 0.1) is 5.56 Å². The summed E-state index contributed by atoms with van der Waals surface area (Å²) in [5.41, 5.74) is 1.62. The van der Waals surface area contributed by atoms with Gasteiger partial charge < -0.3 is 14.6 Å². The number of carbonyl (C=O) groups is 1. The molecule has 1 aliphatic heterocycles. The van der Waals surface area contributed by atoms with E-state index in [9.17, 15) is 14.7 Å². The third-order valence-electron chi connectivity index (χ3n) is 4.92. The van der Waals surface area contributed by atoms with Gasteiger partial charge in [0.25, 0.3) is 5.91 Å². The van der Waals surface area contributed by atoms with Crippen LogP contribution in [-0.4, -0.2) is 33.1 Å². The molecule has 1 fully saturated rings. The Morgan fingerprint density at radius 2 is 1.92 bits per heavy atom. The second kappa shape index (κ2) is 7.55. The average Bonchev–Trinajstić information content (AvgIpc) is 2.63. The molecule has 0 radical (unpaired) electrons. The van der Waals surface area contributed by atoms with Gasteiger partial charge in [0.2, 0.25) is 5.56 Å². The largest absolute Gasteiger partial charge is 0.508 e. The van der Waals surface area contributed by atoms with Crippen LogP contribution in [0.15, 0.2) is 47.4 Å². The van der Waals surface area contributed by atoms with E-state index in [2.05, 4.69) is 0 Å². The van der Waals surface area contributed by atoms with E-state index in [-0.39, 0.29) is 23.3 Å². The molecule has 132 valence electrons. The molecule has 1 amide bonds. The number of aromatic nitrogens is 1. The van der Waals surface area contributed by atoms with Gasteiger partial charge >= 0.3 is 0 Å². The lowest BCUT2D eigenvalue weighted by atomic mass is 9.95. The molecular weight excluding hydrogens is 316 g/mol. The first-order valence-corrected chi connectivity index (χ1v) is 8.80. The van der Waals surface area contributed by atoms with Crippen LogP contribution in [0.1, 0.15) is 41.6 Å². The van der Waals surface area contributed by atoms with Gasteiger partial charge in [0.15, 0.2) is 0 Å². The number of carbonyl (C=O) groups excluding carboxylic acids is 1. The maximum Gasteiger partial charge on any atom is 0.255 e. The van der Waals surface area contributed by atoms with E-state index in [0.29, 0.717) is 5.56 Å². The molecule has 2 heterocycles. The quantitative estimate of drug-likeness (QED) is 0.931. The van der Waals surface area contributed by atoms with Crippen molar-refractivity contribution in [3.8, 4) is 5.75 Å². The Kier molecular flexibility index (Phi) is 5.22. The topological polar surface area (TPSA) is 62.5 Å². The van der Waals surface area contributed by atoms with Crippen LogP contribution in [0.5, 0.6) is 5.75 Å². The number of pyridine rings is 1. The molecule has 1 N–H and O–H groups in total. The molecule has 2 aromatic rings. The van der Waals surface area contributed by atoms with Crippen molar-refractivity contribution in [2.75, 3.05) is 6.54 Å². The molecular formula is C20H24N2O3. The van der Waals surface area contributed by atoms with Gasteiger partial charge in [0, 0.05) is 31.9 Å². The fourth-order valence-electron chi connectivity index (χ4n) is 3.45. The van der Waals surface area contributed by atoms with Gasteiger partial charge in [-0.25, -0.2) is 0 Å². The van der Waals surface area contributed by atoms with E-state index in [1.54, 1.807) is 31.4 Å². The molecule has 3 rings (SSSR count). The lowest BCUT2D eigenvalue weighted by Crippen LogP contribution is -2.44. The first kappa shape index (κ1) is 17.3. The van der Waals surface area contributed by atoms with Crippen molar-refractivity contribution in [1.82, 2.24) is 9.47 Å². The Labute approximate surface area is 147 Å². The molecule has 1 saturated heterocycles. The monoisotopic (exact) mass is 340 g/mol. The van der Waals surface area contributed by atoms with Crippen LogP contribution in [0.3, 0.4) is 0 Å². The Morgan fingerprint density at radius 3 is 2.64 bits per heavy atom. The standard InChI is InChI=1S/C20H24N2O3/c1-21-14-16(8-12-19(21)24)20(25)22-13-3-2-4-17(22)9-5-15-6-10-18(23)11-7-15/h6-8,10-12,14,17,23H,2-5,9,13H2,1H3/t17-/m0/s1. The SMILES string of the molecule is Cn1cc(C(=O)N2CCCC[C@H]2CCc2ccc(O)cc2)ccc1=O. The average molecular weight is 340 g/mol. The Hall–Kier alpha value is -2.56. The summed E-state index contributed by atoms with van der Waals surface area (Å²) in [6.45, 7) is 0.766. The van der Waals surface area contributed by atoms with Crippen LogP contribution in [-0.2, 0) is 13.5 Å². The highest BCUT2D eigenvalue weighted by atomic mass is 16.3. The molecule has 1 aliphatic rings. The van der Waals surface area contributed by atoms with E-state index in [1.165, 1.54) is 10.6 Å². The van der Waals surface area contributed by atoms with Crippen LogP contribution in [0.2, 0.25) is 0 Å². The van der Waals surface area contributed by atoms with Gasteiger partial charge in [-0.1, -0.05) is 12.1 Å². The first-order chi connectivity index (χ1) is 12.0. The summed E-state index contributed by atoms with van der Waals surface area (Å²) in [6, 6.07) is 10.5. The van der Waals surface area contributed by atoms with Crippen LogP contribution in [0, 0.1) is 0 Å². The number of hydrogen-bond donors (Lipinski definition) is 1. The highest BCUT2D eigenvalue weighted by Crippen LogP contribution is 2.23. The van der Waals surface area contributed by atoms with Crippen molar-refractivity contribution in [2.24, 2.45) is 7.05 Å². The molecule has 25 heavy (non-hydrogen) atoms. The van der Waals surface area contributed by atoms with Crippen LogP contribution in [0.4, 0.5) is 0 Å². The van der Waals surface area contributed by atoms with Gasteiger partial charge in [-0.05, 0) is 55.9 Å². The lowest BCUT2D eigenvalue weighted by Gasteiger charge is -2.36. The number of amides is 1. The van der Waals surface area contributed by atoms with Crippen LogP contribution < -0.4 is 5.56 Å². The number of rotatable bonds is 4. The van der Waals surface area contributed by atoms with E-state index >= 15 is 0 Å². The lowest BCUT2D eigenvalue weighted by molar-refractivity contribution is 0.0601. The number of piperidine rings is 1. The molecule has 1 aromatic heterocycles. The summed E-state index contributed by atoms with van der Waals surface area (Å²) in [6.07, 6.45) is 6.57. The van der Waals surface area contributed by atoms with Crippen molar-refractivity contribution in [3.05, 3.63) is 64.1 Å². The number of nitrogens with zero attached hydrogens (tertiary/aromatic N) is 2. The Morgan fingerprint density at radius 1 is 1.16 bits per heavy atom. The number of likely N-dealkylation sites (tertiary alicyclic amines) is 1. The fourth-order valence-corrected chi connectivity index (χ4v) is 3.45. The summed E-state index contributed by atoms with van der Waals surface area (Å²) in [5.74, 6) is 0.277. The molecule has 1 aromatic carbocycles. The number of hydrogen-bond acceptors (Lipinski definition) is 3. The second-order valence-corrected chi connectivity index (χ2v) is 6.72. The minimum absolute atomic E-state index is 0.00556. The highest BCUT2D eigenvalue weighted by Gasteiger charge is 2.27. The number of phenolic OH excluding ortho intramolecular Hbond substituents is 1. The minimum Gasteiger partial charge on any atom is -0.508 e. The minimum atomic E-state index is -0.112. The fraction of sp³-hybridized carbons (Fsp3) is 0.400.